The number of nitrogens with zero attached hydrogens (tertiary/aromatic N) is 2. The second-order valence-corrected chi connectivity index (χ2v) is 4.49. The number of carboxylic acids is 1. The van der Waals surface area contributed by atoms with Gasteiger partial charge in [-0.05, 0) is 30.7 Å². The highest BCUT2D eigenvalue weighted by Crippen LogP contribution is 2.28. The predicted octanol–water partition coefficient (Wildman–Crippen LogP) is 2.63. The highest BCUT2D eigenvalue weighted by Gasteiger charge is 2.06. The van der Waals surface area contributed by atoms with Gasteiger partial charge in [-0.2, -0.15) is 0 Å². The van der Waals surface area contributed by atoms with E-state index in [2.05, 4.69) is 9.97 Å². The van der Waals surface area contributed by atoms with Crippen LogP contribution in [0.25, 0.3) is 0 Å². The Morgan fingerprint density at radius 3 is 2.88 bits per heavy atom. The summed E-state index contributed by atoms with van der Waals surface area (Å²) in [6.07, 6.45) is 4.97. The van der Waals surface area contributed by atoms with Gasteiger partial charge in [0, 0.05) is 23.5 Å². The fraction of sp³-hybridized carbons (Fsp3) is 0.0833. The monoisotopic (exact) mass is 246 g/mol. The van der Waals surface area contributed by atoms with E-state index >= 15 is 0 Å². The number of carboxylic acid groups (broad SMARTS) is 1. The number of pyridine rings is 2. The molecule has 0 amide bonds. The molecule has 2 heterocycles. The second kappa shape index (κ2) is 4.97. The number of hydrogen-bond donors (Lipinski definition) is 1. The van der Waals surface area contributed by atoms with Crippen molar-refractivity contribution in [2.24, 2.45) is 0 Å². The van der Waals surface area contributed by atoms with Gasteiger partial charge in [0.2, 0.25) is 0 Å². The number of aryl methyl sites for hydroxylation is 1. The van der Waals surface area contributed by atoms with E-state index in [9.17, 15) is 4.79 Å². The average Bonchev–Trinajstić information content (AvgIpc) is 2.32. The van der Waals surface area contributed by atoms with Crippen molar-refractivity contribution in [3.8, 4) is 0 Å². The van der Waals surface area contributed by atoms with Gasteiger partial charge in [-0.15, -0.1) is 0 Å². The molecule has 5 heteroatoms. The zero-order valence-corrected chi connectivity index (χ0v) is 9.94. The first kappa shape index (κ1) is 11.6. The van der Waals surface area contributed by atoms with Crippen molar-refractivity contribution in [3.05, 3.63) is 47.9 Å². The van der Waals surface area contributed by atoms with E-state index in [1.165, 1.54) is 24.0 Å². The molecule has 0 saturated heterocycles. The van der Waals surface area contributed by atoms with Crippen molar-refractivity contribution in [2.75, 3.05) is 0 Å². The molecule has 2 aromatic heterocycles. The minimum absolute atomic E-state index is 0.245. The molecule has 2 aromatic rings. The van der Waals surface area contributed by atoms with Gasteiger partial charge in [-0.3, -0.25) is 4.98 Å². The molecular weight excluding hydrogens is 236 g/mol. The van der Waals surface area contributed by atoms with Crippen molar-refractivity contribution in [2.45, 2.75) is 16.8 Å². The molecule has 0 aliphatic rings. The van der Waals surface area contributed by atoms with Gasteiger partial charge in [0.05, 0.1) is 5.56 Å². The number of aromatic nitrogens is 2. The van der Waals surface area contributed by atoms with Crippen LogP contribution >= 0.6 is 11.8 Å². The van der Waals surface area contributed by atoms with E-state index < -0.39 is 5.97 Å². The number of hydrogen-bond acceptors (Lipinski definition) is 4. The summed E-state index contributed by atoms with van der Waals surface area (Å²) in [6.45, 7) is 1.95. The van der Waals surface area contributed by atoms with Gasteiger partial charge < -0.3 is 5.11 Å². The molecular formula is C12H10N2O2S. The SMILES string of the molecule is Cc1cnccc1Sc1cc(C(=O)O)ccn1. The third kappa shape index (κ3) is 2.82. The normalized spacial score (nSPS) is 10.2. The van der Waals surface area contributed by atoms with Crippen molar-refractivity contribution in [1.82, 2.24) is 9.97 Å². The van der Waals surface area contributed by atoms with E-state index in [0.717, 1.165) is 10.5 Å². The van der Waals surface area contributed by atoms with Crippen LogP contribution in [0.15, 0.2) is 46.7 Å². The Morgan fingerprint density at radius 1 is 1.35 bits per heavy atom. The predicted molar refractivity (Wildman–Crippen MR) is 64.3 cm³/mol. The summed E-state index contributed by atoms with van der Waals surface area (Å²) >= 11 is 1.43. The maximum Gasteiger partial charge on any atom is 0.335 e. The summed E-state index contributed by atoms with van der Waals surface area (Å²) in [7, 11) is 0. The Balaban J connectivity index is 2.28. The van der Waals surface area contributed by atoms with Gasteiger partial charge in [0.15, 0.2) is 0 Å². The second-order valence-electron chi connectivity index (χ2n) is 3.43. The molecule has 4 nitrogen and oxygen atoms in total. The lowest BCUT2D eigenvalue weighted by Crippen LogP contribution is -1.96. The first-order chi connectivity index (χ1) is 8.16. The van der Waals surface area contributed by atoms with Gasteiger partial charge in [0.25, 0.3) is 0 Å². The Labute approximate surface area is 103 Å². The molecule has 0 spiro atoms. The first-order valence-electron chi connectivity index (χ1n) is 4.94. The lowest BCUT2D eigenvalue weighted by molar-refractivity contribution is 0.0696. The Bertz CT molecular complexity index is 558. The zero-order chi connectivity index (χ0) is 12.3. The van der Waals surface area contributed by atoms with Crippen LogP contribution in [0, 0.1) is 6.92 Å². The molecule has 0 unspecified atom stereocenters. The zero-order valence-electron chi connectivity index (χ0n) is 9.12. The summed E-state index contributed by atoms with van der Waals surface area (Å²) in [4.78, 5) is 20.0. The number of carbonyl (C=O) groups is 1. The van der Waals surface area contributed by atoms with Crippen molar-refractivity contribution in [1.29, 1.82) is 0 Å². The van der Waals surface area contributed by atoms with Gasteiger partial charge in [-0.25, -0.2) is 9.78 Å². The van der Waals surface area contributed by atoms with E-state index in [1.54, 1.807) is 18.5 Å². The molecule has 0 atom stereocenters. The van der Waals surface area contributed by atoms with E-state index in [4.69, 9.17) is 5.11 Å². The van der Waals surface area contributed by atoms with Crippen LogP contribution in [0.4, 0.5) is 0 Å². The largest absolute Gasteiger partial charge is 0.478 e. The van der Waals surface area contributed by atoms with E-state index in [-0.39, 0.29) is 5.56 Å². The van der Waals surface area contributed by atoms with Crippen molar-refractivity contribution < 1.29 is 9.90 Å². The quantitative estimate of drug-likeness (QED) is 0.902. The van der Waals surface area contributed by atoms with E-state index in [0.29, 0.717) is 5.03 Å². The highest BCUT2D eigenvalue weighted by atomic mass is 32.2. The Hall–Kier alpha value is -1.88. The van der Waals surface area contributed by atoms with Crippen LogP contribution in [0.3, 0.4) is 0 Å². The smallest absolute Gasteiger partial charge is 0.335 e. The van der Waals surface area contributed by atoms with Gasteiger partial charge in [-0.1, -0.05) is 11.8 Å². The molecule has 0 saturated carbocycles. The van der Waals surface area contributed by atoms with Crippen molar-refractivity contribution in [3.63, 3.8) is 0 Å². The molecule has 0 aliphatic carbocycles. The number of rotatable bonds is 3. The molecule has 0 bridgehead atoms. The Morgan fingerprint density at radius 2 is 2.18 bits per heavy atom. The summed E-state index contributed by atoms with van der Waals surface area (Å²) in [5.74, 6) is -0.944. The standard InChI is InChI=1S/C12H10N2O2S/c1-8-7-13-4-3-10(8)17-11-6-9(12(15)16)2-5-14-11/h2-7H,1H3,(H,15,16). The van der Waals surface area contributed by atoms with Crippen LogP contribution in [0.1, 0.15) is 15.9 Å². The molecule has 2 rings (SSSR count). The molecule has 0 aliphatic heterocycles. The molecule has 0 aromatic carbocycles. The third-order valence-corrected chi connectivity index (χ3v) is 3.28. The van der Waals surface area contributed by atoms with Crippen LogP contribution in [0.5, 0.6) is 0 Å². The maximum absolute atomic E-state index is 10.8. The van der Waals surface area contributed by atoms with E-state index in [1.807, 2.05) is 13.0 Å². The summed E-state index contributed by atoms with van der Waals surface area (Å²) in [6, 6.07) is 4.92. The molecule has 17 heavy (non-hydrogen) atoms. The first-order valence-corrected chi connectivity index (χ1v) is 5.76. The summed E-state index contributed by atoms with van der Waals surface area (Å²) in [5.41, 5.74) is 1.29. The minimum atomic E-state index is -0.944. The fourth-order valence-electron chi connectivity index (χ4n) is 1.29. The molecule has 1 N–H and O–H groups in total. The lowest BCUT2D eigenvalue weighted by Gasteiger charge is -2.04. The fourth-order valence-corrected chi connectivity index (χ4v) is 2.15. The number of aromatic carboxylic acids is 1. The van der Waals surface area contributed by atoms with Crippen LogP contribution in [-0.2, 0) is 0 Å². The summed E-state index contributed by atoms with van der Waals surface area (Å²) in [5, 5.41) is 9.55. The molecule has 0 fully saturated rings. The minimum Gasteiger partial charge on any atom is -0.478 e. The topological polar surface area (TPSA) is 63.1 Å². The van der Waals surface area contributed by atoms with Crippen LogP contribution in [-0.4, -0.2) is 21.0 Å². The maximum atomic E-state index is 10.8. The summed E-state index contributed by atoms with van der Waals surface area (Å²) < 4.78 is 0. The van der Waals surface area contributed by atoms with Crippen molar-refractivity contribution >= 4 is 17.7 Å². The average molecular weight is 246 g/mol. The Kier molecular flexibility index (Phi) is 3.39. The molecule has 86 valence electrons. The van der Waals surface area contributed by atoms with Crippen LogP contribution < -0.4 is 0 Å². The highest BCUT2D eigenvalue weighted by molar-refractivity contribution is 7.99. The van der Waals surface area contributed by atoms with Gasteiger partial charge >= 0.3 is 5.97 Å². The van der Waals surface area contributed by atoms with Gasteiger partial charge in [0.1, 0.15) is 5.03 Å². The lowest BCUT2D eigenvalue weighted by atomic mass is 10.3. The van der Waals surface area contributed by atoms with Crippen LogP contribution in [0.2, 0.25) is 0 Å². The molecule has 0 radical (unpaired) electrons. The third-order valence-electron chi connectivity index (χ3n) is 2.17.